The van der Waals surface area contributed by atoms with Gasteiger partial charge in [-0.3, -0.25) is 4.79 Å². The van der Waals surface area contributed by atoms with Crippen LogP contribution in [0.4, 0.5) is 17.6 Å². The first-order valence-corrected chi connectivity index (χ1v) is 10.2. The van der Waals surface area contributed by atoms with Gasteiger partial charge in [-0.25, -0.2) is 0 Å². The number of nitrogens with two attached hydrogens (primary N) is 1. The van der Waals surface area contributed by atoms with Crippen molar-refractivity contribution in [1.29, 1.82) is 0 Å². The topological polar surface area (TPSA) is 103 Å². The van der Waals surface area contributed by atoms with Crippen LogP contribution in [-0.4, -0.2) is 27.8 Å². The van der Waals surface area contributed by atoms with Crippen LogP contribution in [0.5, 0.6) is 5.75 Å². The summed E-state index contributed by atoms with van der Waals surface area (Å²) < 4.78 is 5.40. The molecule has 1 aromatic heterocycles. The molecule has 0 amide bonds. The van der Waals surface area contributed by atoms with Crippen molar-refractivity contribution in [3.05, 3.63) is 65.0 Å². The molecule has 2 aromatic carbocycles. The maximum Gasteiger partial charge on any atom is 0.232 e. The van der Waals surface area contributed by atoms with Crippen molar-refractivity contribution in [2.75, 3.05) is 18.2 Å². The Bertz CT molecular complexity index is 1010. The second kappa shape index (κ2) is 9.38. The third kappa shape index (κ3) is 5.68. The van der Waals surface area contributed by atoms with Crippen molar-refractivity contribution in [3.63, 3.8) is 0 Å². The van der Waals surface area contributed by atoms with Gasteiger partial charge >= 0.3 is 0 Å². The van der Waals surface area contributed by atoms with Crippen molar-refractivity contribution in [3.8, 4) is 5.75 Å². The second-order valence-electron chi connectivity index (χ2n) is 6.50. The van der Waals surface area contributed by atoms with Crippen LogP contribution < -0.4 is 15.8 Å². The number of nitrogens with zero attached hydrogens (tertiary/aromatic N) is 3. The first-order chi connectivity index (χ1) is 13.9. The zero-order chi connectivity index (χ0) is 20.8. The van der Waals surface area contributed by atoms with Crippen LogP contribution in [0, 0.1) is 6.92 Å². The van der Waals surface area contributed by atoms with Crippen LogP contribution in [0.1, 0.15) is 34.2 Å². The normalized spacial score (nSPS) is 10.6. The summed E-state index contributed by atoms with van der Waals surface area (Å²) in [6.45, 7) is 3.58. The molecule has 150 valence electrons. The molecule has 0 aliphatic heterocycles. The smallest absolute Gasteiger partial charge is 0.232 e. The summed E-state index contributed by atoms with van der Waals surface area (Å²) in [4.78, 5) is 24.5. The van der Waals surface area contributed by atoms with E-state index in [1.54, 1.807) is 31.9 Å². The molecule has 0 bridgehead atoms. The number of benzene rings is 2. The number of ketones is 1. The number of nitrogen functional groups attached to an aromatic ring is 1. The molecule has 0 aliphatic carbocycles. The average Bonchev–Trinajstić information content (AvgIpc) is 2.69. The lowest BCUT2D eigenvalue weighted by Gasteiger charge is -2.10. The van der Waals surface area contributed by atoms with E-state index in [1.165, 1.54) is 5.56 Å². The highest BCUT2D eigenvalue weighted by molar-refractivity contribution is 7.97. The summed E-state index contributed by atoms with van der Waals surface area (Å²) in [5.41, 5.74) is 9.51. The maximum atomic E-state index is 11.6. The zero-order valence-electron chi connectivity index (χ0n) is 16.6. The molecule has 0 aliphatic rings. The number of thioether (sulfide) groups is 1. The van der Waals surface area contributed by atoms with Crippen molar-refractivity contribution in [2.24, 2.45) is 0 Å². The van der Waals surface area contributed by atoms with Gasteiger partial charge in [0.15, 0.2) is 5.78 Å². The van der Waals surface area contributed by atoms with Gasteiger partial charge in [0.2, 0.25) is 11.9 Å². The fraction of sp³-hybridized carbons (Fsp3) is 0.238. The van der Waals surface area contributed by atoms with Crippen LogP contribution in [0.25, 0.3) is 0 Å². The molecule has 0 spiro atoms. The molecule has 0 atom stereocenters. The number of ether oxygens (including phenoxy) is 1. The number of aromatic nitrogens is 3. The molecule has 0 unspecified atom stereocenters. The number of carbonyl (C=O) groups excluding carboxylic acids is 1. The van der Waals surface area contributed by atoms with E-state index in [1.807, 2.05) is 43.3 Å². The lowest BCUT2D eigenvalue weighted by atomic mass is 10.1. The number of hydrogen-bond donors (Lipinski definition) is 2. The zero-order valence-corrected chi connectivity index (χ0v) is 17.4. The minimum Gasteiger partial charge on any atom is -0.496 e. The molecule has 0 fully saturated rings. The molecule has 8 heteroatoms. The summed E-state index contributed by atoms with van der Waals surface area (Å²) in [5.74, 6) is 3.13. The van der Waals surface area contributed by atoms with Crippen LogP contribution in [0.2, 0.25) is 0 Å². The minimum atomic E-state index is 0.0240. The lowest BCUT2D eigenvalue weighted by molar-refractivity contribution is 0.101. The lowest BCUT2D eigenvalue weighted by Crippen LogP contribution is -2.06. The number of rotatable bonds is 8. The first kappa shape index (κ1) is 20.6. The molecule has 0 saturated heterocycles. The molecule has 1 heterocycles. The van der Waals surface area contributed by atoms with E-state index in [4.69, 9.17) is 10.5 Å². The van der Waals surface area contributed by atoms with Gasteiger partial charge in [0, 0.05) is 22.6 Å². The van der Waals surface area contributed by atoms with Crippen LogP contribution >= 0.6 is 11.8 Å². The first-order valence-electron chi connectivity index (χ1n) is 9.04. The Kier molecular flexibility index (Phi) is 6.66. The molecule has 29 heavy (non-hydrogen) atoms. The van der Waals surface area contributed by atoms with E-state index < -0.39 is 0 Å². The SMILES string of the molecule is COc1ccc(C(C)=O)cc1CSCc1nc(N)nc(Nc2ccc(C)cc2)n1. The van der Waals surface area contributed by atoms with Gasteiger partial charge in [0.25, 0.3) is 0 Å². The van der Waals surface area contributed by atoms with Crippen LogP contribution in [0.15, 0.2) is 42.5 Å². The predicted molar refractivity (Wildman–Crippen MR) is 117 cm³/mol. The Balaban J connectivity index is 1.68. The minimum absolute atomic E-state index is 0.0240. The van der Waals surface area contributed by atoms with Crippen molar-refractivity contribution in [2.45, 2.75) is 25.4 Å². The van der Waals surface area contributed by atoms with E-state index in [0.717, 1.165) is 17.0 Å². The van der Waals surface area contributed by atoms with Gasteiger partial charge in [0.1, 0.15) is 11.6 Å². The van der Waals surface area contributed by atoms with E-state index in [-0.39, 0.29) is 11.7 Å². The number of aryl methyl sites for hydroxylation is 1. The maximum absolute atomic E-state index is 11.6. The fourth-order valence-corrected chi connectivity index (χ4v) is 3.55. The van der Waals surface area contributed by atoms with Crippen molar-refractivity contribution < 1.29 is 9.53 Å². The Morgan fingerprint density at radius 2 is 1.86 bits per heavy atom. The predicted octanol–water partition coefficient (Wildman–Crippen LogP) is 4.15. The number of anilines is 3. The largest absolute Gasteiger partial charge is 0.496 e. The summed E-state index contributed by atoms with van der Waals surface area (Å²) in [7, 11) is 1.62. The Morgan fingerprint density at radius 3 is 2.55 bits per heavy atom. The standard InChI is InChI=1S/C21H23N5O2S/c1-13-4-7-17(8-5-13)23-21-25-19(24-20(22)26-21)12-29-11-16-10-15(14(2)27)6-9-18(16)28-3/h4-10H,11-12H2,1-3H3,(H3,22,23,24,25,26). The average molecular weight is 410 g/mol. The van der Waals surface area contributed by atoms with Gasteiger partial charge in [0.05, 0.1) is 12.9 Å². The third-order valence-electron chi connectivity index (χ3n) is 4.18. The molecule has 0 saturated carbocycles. The highest BCUT2D eigenvalue weighted by Crippen LogP contribution is 2.26. The van der Waals surface area contributed by atoms with E-state index >= 15 is 0 Å². The summed E-state index contributed by atoms with van der Waals surface area (Å²) in [6.07, 6.45) is 0. The number of Topliss-reactive ketones (excluding diaryl/α,β-unsaturated/α-hetero) is 1. The monoisotopic (exact) mass is 409 g/mol. The quantitative estimate of drug-likeness (QED) is 0.535. The highest BCUT2D eigenvalue weighted by Gasteiger charge is 2.10. The van der Waals surface area contributed by atoms with Crippen LogP contribution in [0.3, 0.4) is 0 Å². The highest BCUT2D eigenvalue weighted by atomic mass is 32.2. The van der Waals surface area contributed by atoms with Gasteiger partial charge in [-0.15, -0.1) is 11.8 Å². The Hall–Kier alpha value is -3.13. The van der Waals surface area contributed by atoms with Gasteiger partial charge in [-0.1, -0.05) is 17.7 Å². The van der Waals surface area contributed by atoms with Gasteiger partial charge < -0.3 is 15.8 Å². The van der Waals surface area contributed by atoms with Gasteiger partial charge in [-0.05, 0) is 44.2 Å². The molecule has 3 aromatic rings. The molecule has 0 radical (unpaired) electrons. The van der Waals surface area contributed by atoms with Crippen molar-refractivity contribution in [1.82, 2.24) is 15.0 Å². The summed E-state index contributed by atoms with van der Waals surface area (Å²) >= 11 is 1.61. The molecular weight excluding hydrogens is 386 g/mol. The number of carbonyl (C=O) groups is 1. The number of hydrogen-bond acceptors (Lipinski definition) is 8. The molecule has 3 N–H and O–H groups in total. The van der Waals surface area contributed by atoms with Gasteiger partial charge in [-0.2, -0.15) is 15.0 Å². The molecular formula is C21H23N5O2S. The number of nitrogens with one attached hydrogen (secondary N) is 1. The molecule has 7 nitrogen and oxygen atoms in total. The fourth-order valence-electron chi connectivity index (χ4n) is 2.69. The second-order valence-corrected chi connectivity index (χ2v) is 7.49. The summed E-state index contributed by atoms with van der Waals surface area (Å²) in [6, 6.07) is 13.4. The van der Waals surface area contributed by atoms with Crippen molar-refractivity contribution >= 4 is 35.1 Å². The van der Waals surface area contributed by atoms with E-state index in [2.05, 4.69) is 20.3 Å². The third-order valence-corrected chi connectivity index (χ3v) is 5.16. The number of methoxy groups -OCH3 is 1. The van der Waals surface area contributed by atoms with Crippen LogP contribution in [-0.2, 0) is 11.5 Å². The Labute approximate surface area is 174 Å². The summed E-state index contributed by atoms with van der Waals surface area (Å²) in [5, 5.41) is 3.15. The Morgan fingerprint density at radius 1 is 1.10 bits per heavy atom. The van der Waals surface area contributed by atoms with E-state index in [0.29, 0.717) is 28.8 Å². The molecule has 3 rings (SSSR count). The van der Waals surface area contributed by atoms with E-state index in [9.17, 15) is 4.79 Å².